The number of para-hydroxylation sites is 1. The van der Waals surface area contributed by atoms with Gasteiger partial charge in [0.15, 0.2) is 0 Å². The Kier molecular flexibility index (Phi) is 3.32. The molecule has 0 amide bonds. The minimum atomic E-state index is -0.485. The number of aryl methyl sites for hydroxylation is 1. The summed E-state index contributed by atoms with van der Waals surface area (Å²) in [6.07, 6.45) is 0.419. The lowest BCUT2D eigenvalue weighted by Gasteiger charge is -2.08. The van der Waals surface area contributed by atoms with Gasteiger partial charge in [0, 0.05) is 17.7 Å². The molecule has 2 N–H and O–H groups in total. The Morgan fingerprint density at radius 3 is 2.56 bits per heavy atom. The van der Waals surface area contributed by atoms with Crippen LogP contribution < -0.4 is 16.0 Å². The second-order valence-corrected chi connectivity index (χ2v) is 4.00. The van der Waals surface area contributed by atoms with Gasteiger partial charge in [0.05, 0.1) is 7.11 Å². The molecule has 1 aromatic heterocycles. The minimum absolute atomic E-state index is 0.359. The third-order valence-electron chi connectivity index (χ3n) is 2.81. The number of ether oxygens (including phenoxy) is 1. The smallest absolute Gasteiger partial charge is 0.325 e. The molecule has 0 aliphatic heterocycles. The van der Waals surface area contributed by atoms with Gasteiger partial charge in [-0.05, 0) is 18.6 Å². The monoisotopic (exact) mass is 246 g/mol. The molecule has 94 valence electrons. The third-order valence-corrected chi connectivity index (χ3v) is 2.81. The van der Waals surface area contributed by atoms with Gasteiger partial charge in [0.2, 0.25) is 0 Å². The molecule has 18 heavy (non-hydrogen) atoms. The lowest BCUT2D eigenvalue weighted by molar-refractivity contribution is 0.410. The second-order valence-electron chi connectivity index (χ2n) is 4.00. The SMILES string of the molecule is COc1ccccc1Cc1c(C)[nH]c(=O)[nH]c1=O. The van der Waals surface area contributed by atoms with Gasteiger partial charge < -0.3 is 9.72 Å². The van der Waals surface area contributed by atoms with E-state index in [-0.39, 0.29) is 5.56 Å². The fourth-order valence-corrected chi connectivity index (χ4v) is 1.88. The highest BCUT2D eigenvalue weighted by atomic mass is 16.5. The van der Waals surface area contributed by atoms with Gasteiger partial charge in [-0.1, -0.05) is 18.2 Å². The van der Waals surface area contributed by atoms with Gasteiger partial charge in [0.1, 0.15) is 5.75 Å². The van der Waals surface area contributed by atoms with Crippen LogP contribution >= 0.6 is 0 Å². The van der Waals surface area contributed by atoms with Crippen LogP contribution in [0, 0.1) is 6.92 Å². The molecule has 0 saturated carbocycles. The van der Waals surface area contributed by atoms with Crippen molar-refractivity contribution in [3.63, 3.8) is 0 Å². The summed E-state index contributed by atoms with van der Waals surface area (Å²) < 4.78 is 5.24. The van der Waals surface area contributed by atoms with Gasteiger partial charge in [-0.3, -0.25) is 9.78 Å². The Bertz CT molecular complexity index is 670. The van der Waals surface area contributed by atoms with Crippen LogP contribution in [0.3, 0.4) is 0 Å². The predicted octanol–water partition coefficient (Wildman–Crippen LogP) is 0.971. The van der Waals surface area contributed by atoms with Crippen LogP contribution in [0.25, 0.3) is 0 Å². The summed E-state index contributed by atoms with van der Waals surface area (Å²) >= 11 is 0. The molecule has 0 aliphatic rings. The number of rotatable bonds is 3. The quantitative estimate of drug-likeness (QED) is 0.847. The third kappa shape index (κ3) is 2.34. The standard InChI is InChI=1S/C13H14N2O3/c1-8-10(12(16)15-13(17)14-8)7-9-5-3-4-6-11(9)18-2/h3-6H,7H2,1-2H3,(H2,14,15,16,17). The zero-order valence-corrected chi connectivity index (χ0v) is 10.2. The average molecular weight is 246 g/mol. The summed E-state index contributed by atoms with van der Waals surface area (Å²) in [7, 11) is 1.59. The molecule has 1 aromatic carbocycles. The second kappa shape index (κ2) is 4.91. The summed E-state index contributed by atoms with van der Waals surface area (Å²) in [5.41, 5.74) is 1.18. The molecule has 0 bridgehead atoms. The maximum atomic E-state index is 11.7. The molecule has 0 radical (unpaired) electrons. The Morgan fingerprint density at radius 2 is 1.89 bits per heavy atom. The van der Waals surface area contributed by atoms with Crippen molar-refractivity contribution in [1.82, 2.24) is 9.97 Å². The number of nitrogens with one attached hydrogen (secondary N) is 2. The zero-order valence-electron chi connectivity index (χ0n) is 10.2. The Labute approximate surface area is 103 Å². The van der Waals surface area contributed by atoms with Crippen molar-refractivity contribution < 1.29 is 4.74 Å². The number of hydrogen-bond acceptors (Lipinski definition) is 3. The van der Waals surface area contributed by atoms with Gasteiger partial charge in [-0.2, -0.15) is 0 Å². The Hall–Kier alpha value is -2.30. The Morgan fingerprint density at radius 1 is 1.17 bits per heavy atom. The fraction of sp³-hybridized carbons (Fsp3) is 0.231. The average Bonchev–Trinajstić information content (AvgIpc) is 2.34. The van der Waals surface area contributed by atoms with Crippen molar-refractivity contribution in [2.45, 2.75) is 13.3 Å². The molecule has 5 heteroatoms. The highest BCUT2D eigenvalue weighted by molar-refractivity contribution is 5.37. The van der Waals surface area contributed by atoms with Crippen molar-refractivity contribution in [1.29, 1.82) is 0 Å². The van der Waals surface area contributed by atoms with Gasteiger partial charge in [-0.25, -0.2) is 4.79 Å². The van der Waals surface area contributed by atoms with E-state index in [0.717, 1.165) is 11.3 Å². The van der Waals surface area contributed by atoms with Crippen LogP contribution in [0.1, 0.15) is 16.8 Å². The van der Waals surface area contributed by atoms with E-state index in [1.165, 1.54) is 0 Å². The number of benzene rings is 1. The zero-order chi connectivity index (χ0) is 13.1. The first-order chi connectivity index (χ1) is 8.61. The van der Waals surface area contributed by atoms with Crippen molar-refractivity contribution in [2.24, 2.45) is 0 Å². The summed E-state index contributed by atoms with van der Waals surface area (Å²) in [6, 6.07) is 7.48. The molecular formula is C13H14N2O3. The van der Waals surface area contributed by atoms with Crippen molar-refractivity contribution in [2.75, 3.05) is 7.11 Å². The van der Waals surface area contributed by atoms with E-state index in [1.54, 1.807) is 14.0 Å². The fourth-order valence-electron chi connectivity index (χ4n) is 1.88. The molecule has 5 nitrogen and oxygen atoms in total. The van der Waals surface area contributed by atoms with E-state index in [1.807, 2.05) is 24.3 Å². The van der Waals surface area contributed by atoms with Gasteiger partial charge in [-0.15, -0.1) is 0 Å². The van der Waals surface area contributed by atoms with E-state index in [2.05, 4.69) is 9.97 Å². The first kappa shape index (κ1) is 12.2. The lowest BCUT2D eigenvalue weighted by Crippen LogP contribution is -2.27. The topological polar surface area (TPSA) is 75.0 Å². The molecule has 0 fully saturated rings. The van der Waals surface area contributed by atoms with Crippen LogP contribution in [0.5, 0.6) is 5.75 Å². The molecule has 0 unspecified atom stereocenters. The number of aromatic amines is 2. The van der Waals surface area contributed by atoms with E-state index >= 15 is 0 Å². The molecular weight excluding hydrogens is 232 g/mol. The molecule has 0 atom stereocenters. The summed E-state index contributed by atoms with van der Waals surface area (Å²) in [4.78, 5) is 27.7. The largest absolute Gasteiger partial charge is 0.496 e. The Balaban J connectivity index is 2.47. The number of H-pyrrole nitrogens is 2. The van der Waals surface area contributed by atoms with E-state index in [4.69, 9.17) is 4.74 Å². The van der Waals surface area contributed by atoms with Crippen molar-refractivity contribution in [3.8, 4) is 5.75 Å². The van der Waals surface area contributed by atoms with Gasteiger partial charge in [0.25, 0.3) is 5.56 Å². The maximum Gasteiger partial charge on any atom is 0.325 e. The highest BCUT2D eigenvalue weighted by Crippen LogP contribution is 2.20. The lowest BCUT2D eigenvalue weighted by atomic mass is 10.0. The molecule has 0 aliphatic carbocycles. The molecule has 0 spiro atoms. The molecule has 1 heterocycles. The predicted molar refractivity (Wildman–Crippen MR) is 68.2 cm³/mol. The van der Waals surface area contributed by atoms with E-state index in [0.29, 0.717) is 17.7 Å². The molecule has 2 rings (SSSR count). The summed E-state index contributed by atoms with van der Waals surface area (Å²) in [5, 5.41) is 0. The van der Waals surface area contributed by atoms with E-state index in [9.17, 15) is 9.59 Å². The summed E-state index contributed by atoms with van der Waals surface area (Å²) in [6.45, 7) is 1.71. The van der Waals surface area contributed by atoms with Crippen molar-refractivity contribution >= 4 is 0 Å². The van der Waals surface area contributed by atoms with E-state index < -0.39 is 5.69 Å². The van der Waals surface area contributed by atoms with Crippen LogP contribution in [0.2, 0.25) is 0 Å². The van der Waals surface area contributed by atoms with Crippen LogP contribution in [-0.4, -0.2) is 17.1 Å². The summed E-state index contributed by atoms with van der Waals surface area (Å²) in [5.74, 6) is 0.725. The highest BCUT2D eigenvalue weighted by Gasteiger charge is 2.09. The van der Waals surface area contributed by atoms with Crippen molar-refractivity contribution in [3.05, 3.63) is 61.9 Å². The normalized spacial score (nSPS) is 10.3. The molecule has 0 saturated heterocycles. The van der Waals surface area contributed by atoms with Crippen LogP contribution in [0.4, 0.5) is 0 Å². The number of aromatic nitrogens is 2. The van der Waals surface area contributed by atoms with Crippen LogP contribution in [0.15, 0.2) is 33.9 Å². The maximum absolute atomic E-state index is 11.7. The minimum Gasteiger partial charge on any atom is -0.496 e. The number of hydrogen-bond donors (Lipinski definition) is 2. The molecule has 2 aromatic rings. The first-order valence-corrected chi connectivity index (χ1v) is 5.56. The number of methoxy groups -OCH3 is 1. The first-order valence-electron chi connectivity index (χ1n) is 5.56. The van der Waals surface area contributed by atoms with Crippen LogP contribution in [-0.2, 0) is 6.42 Å². The van der Waals surface area contributed by atoms with Gasteiger partial charge >= 0.3 is 5.69 Å².